The van der Waals surface area contributed by atoms with Gasteiger partial charge >= 0.3 is 0 Å². The summed E-state index contributed by atoms with van der Waals surface area (Å²) in [5.74, 6) is 2.33. The molecule has 1 amide bonds. The van der Waals surface area contributed by atoms with E-state index in [4.69, 9.17) is 9.16 Å². The first-order chi connectivity index (χ1) is 21.2. The van der Waals surface area contributed by atoms with Crippen LogP contribution in [0.1, 0.15) is 122 Å². The van der Waals surface area contributed by atoms with Crippen molar-refractivity contribution in [1.29, 1.82) is 0 Å². The molecule has 5 rings (SSSR count). The zero-order valence-corrected chi connectivity index (χ0v) is 29.6. The fourth-order valence-electron chi connectivity index (χ4n) is 8.38. The van der Waals surface area contributed by atoms with Crippen LogP contribution in [0.4, 0.5) is 5.69 Å². The van der Waals surface area contributed by atoms with Crippen molar-refractivity contribution in [1.82, 2.24) is 0 Å². The summed E-state index contributed by atoms with van der Waals surface area (Å²) in [5.41, 5.74) is 4.98. The summed E-state index contributed by atoms with van der Waals surface area (Å²) in [7, 11) is 3.56. The van der Waals surface area contributed by atoms with Gasteiger partial charge in [0.1, 0.15) is 11.5 Å². The van der Waals surface area contributed by atoms with E-state index >= 15 is 0 Å². The summed E-state index contributed by atoms with van der Waals surface area (Å²) in [5, 5.41) is 3.40. The third-order valence-corrected chi connectivity index (χ3v) is 10.6. The van der Waals surface area contributed by atoms with Gasteiger partial charge in [-0.25, -0.2) is 0 Å². The molecule has 3 radical (unpaired) electrons. The molecule has 1 saturated carbocycles. The number of benzene rings is 3. The van der Waals surface area contributed by atoms with Crippen LogP contribution in [0.25, 0.3) is 0 Å². The van der Waals surface area contributed by atoms with Crippen molar-refractivity contribution in [3.8, 4) is 11.5 Å². The summed E-state index contributed by atoms with van der Waals surface area (Å²) < 4.78 is 12.4. The molecule has 5 heteroatoms. The summed E-state index contributed by atoms with van der Waals surface area (Å²) in [6.07, 6.45) is 6.70. The molecule has 1 heterocycles. The number of para-hydroxylation sites is 2. The summed E-state index contributed by atoms with van der Waals surface area (Å²) in [6, 6.07) is 22.9. The number of rotatable bonds is 8. The molecule has 3 aromatic rings. The number of carbonyl (C=O) groups excluding carboxylic acids is 1. The Bertz CT molecular complexity index is 1450. The highest BCUT2D eigenvalue weighted by atomic mass is 28.2. The Kier molecular flexibility index (Phi) is 9.73. The second-order valence-electron chi connectivity index (χ2n) is 16.0. The maximum Gasteiger partial charge on any atom is 0.246 e. The van der Waals surface area contributed by atoms with Crippen molar-refractivity contribution in [2.75, 3.05) is 5.32 Å². The number of hydrogen-bond acceptors (Lipinski definition) is 3. The van der Waals surface area contributed by atoms with Gasteiger partial charge in [0.2, 0.25) is 16.4 Å². The minimum atomic E-state index is -0.221. The monoisotopic (exact) mass is 622 g/mol. The molecule has 1 N–H and O–H groups in total. The van der Waals surface area contributed by atoms with Gasteiger partial charge in [-0.05, 0) is 70.2 Å². The highest BCUT2D eigenvalue weighted by Gasteiger charge is 2.47. The Balaban J connectivity index is 1.49. The average molecular weight is 623 g/mol. The molecule has 0 saturated heterocycles. The van der Waals surface area contributed by atoms with Crippen LogP contribution >= 0.6 is 0 Å². The van der Waals surface area contributed by atoms with Crippen molar-refractivity contribution < 1.29 is 14.0 Å². The van der Waals surface area contributed by atoms with E-state index in [0.29, 0.717) is 12.3 Å². The van der Waals surface area contributed by atoms with Gasteiger partial charge < -0.3 is 14.5 Å². The molecule has 1 fully saturated rings. The van der Waals surface area contributed by atoms with Gasteiger partial charge in [0.05, 0.1) is 6.10 Å². The van der Waals surface area contributed by atoms with Crippen molar-refractivity contribution in [2.45, 2.75) is 117 Å². The Labute approximate surface area is 275 Å². The van der Waals surface area contributed by atoms with E-state index in [2.05, 4.69) is 102 Å². The molecule has 0 aromatic heterocycles. The maximum absolute atomic E-state index is 14.0. The van der Waals surface area contributed by atoms with E-state index in [1.54, 1.807) is 0 Å². The number of hydrogen-bond donors (Lipinski definition) is 1. The van der Waals surface area contributed by atoms with Crippen molar-refractivity contribution in [2.24, 2.45) is 17.3 Å². The van der Waals surface area contributed by atoms with Crippen molar-refractivity contribution in [3.05, 3.63) is 89.0 Å². The lowest BCUT2D eigenvalue weighted by Gasteiger charge is -2.50. The van der Waals surface area contributed by atoms with Crippen molar-refractivity contribution in [3.63, 3.8) is 0 Å². The van der Waals surface area contributed by atoms with E-state index < -0.39 is 0 Å². The molecular formula is C40H52NO3Si. The molecular weight excluding hydrogens is 571 g/mol. The number of fused-ring (bicyclic) bond motifs is 2. The van der Waals surface area contributed by atoms with Crippen LogP contribution in [-0.2, 0) is 20.1 Å². The number of ether oxygens (including phenoxy) is 1. The quantitative estimate of drug-likeness (QED) is 0.254. The zero-order chi connectivity index (χ0) is 32.6. The third-order valence-electron chi connectivity index (χ3n) is 10.3. The summed E-state index contributed by atoms with van der Waals surface area (Å²) >= 11 is 0. The Morgan fingerprint density at radius 2 is 1.44 bits per heavy atom. The molecule has 0 spiro atoms. The van der Waals surface area contributed by atoms with Crippen LogP contribution in [0, 0.1) is 17.3 Å². The molecule has 239 valence electrons. The fraction of sp³-hybridized carbons (Fsp3) is 0.525. The van der Waals surface area contributed by atoms with Crippen LogP contribution in [-0.4, -0.2) is 22.5 Å². The number of amides is 1. The van der Waals surface area contributed by atoms with Gasteiger partial charge in [0.15, 0.2) is 0 Å². The van der Waals surface area contributed by atoms with Gasteiger partial charge in [-0.2, -0.15) is 0 Å². The van der Waals surface area contributed by atoms with Gasteiger partial charge in [-0.15, -0.1) is 0 Å². The predicted molar refractivity (Wildman–Crippen MR) is 186 cm³/mol. The number of anilines is 1. The molecule has 2 atom stereocenters. The molecule has 2 aliphatic rings. The molecule has 45 heavy (non-hydrogen) atoms. The smallest absolute Gasteiger partial charge is 0.246 e. The standard InChI is InChI=1S/C40H52NO3Si/c1-38(2,3)31-23-22-27(40(7,8)37(39(4,5)6)36(44-45)26-16-10-9-11-17-26)24-32(31)41-35(42)25-30-28-18-12-14-20-33(28)43-34-21-15-13-19-29(30)34/h12-15,18-24,26,30,36-37H,9-11,16-17,25H2,1-8H3,(H,41,42). The Hall–Kier alpha value is -2.89. The summed E-state index contributed by atoms with van der Waals surface area (Å²) in [4.78, 5) is 14.0. The van der Waals surface area contributed by atoms with E-state index in [1.807, 2.05) is 36.4 Å². The molecule has 2 unspecified atom stereocenters. The largest absolute Gasteiger partial charge is 0.457 e. The van der Waals surface area contributed by atoms with Crippen molar-refractivity contribution >= 4 is 22.1 Å². The van der Waals surface area contributed by atoms with Gasteiger partial charge in [0, 0.05) is 29.2 Å². The second kappa shape index (κ2) is 13.1. The first-order valence-corrected chi connectivity index (χ1v) is 17.3. The first kappa shape index (κ1) is 33.5. The van der Waals surface area contributed by atoms with E-state index in [9.17, 15) is 4.79 Å². The van der Waals surface area contributed by atoms with E-state index in [1.165, 1.54) is 37.7 Å². The molecule has 1 aliphatic heterocycles. The minimum Gasteiger partial charge on any atom is -0.457 e. The molecule has 0 bridgehead atoms. The van der Waals surface area contributed by atoms with Gasteiger partial charge in [0.25, 0.3) is 0 Å². The lowest BCUT2D eigenvalue weighted by molar-refractivity contribution is -0.116. The van der Waals surface area contributed by atoms with Crippen LogP contribution in [0.2, 0.25) is 0 Å². The fourth-order valence-corrected chi connectivity index (χ4v) is 8.71. The highest BCUT2D eigenvalue weighted by Crippen LogP contribution is 2.50. The Morgan fingerprint density at radius 3 is 1.98 bits per heavy atom. The van der Waals surface area contributed by atoms with Crippen LogP contribution in [0.15, 0.2) is 66.7 Å². The van der Waals surface area contributed by atoms with E-state index in [0.717, 1.165) is 33.9 Å². The van der Waals surface area contributed by atoms with Gasteiger partial charge in [-0.1, -0.05) is 123 Å². The van der Waals surface area contributed by atoms with Crippen LogP contribution < -0.4 is 10.1 Å². The first-order valence-electron chi connectivity index (χ1n) is 16.8. The normalized spacial score (nSPS) is 17.5. The van der Waals surface area contributed by atoms with E-state index in [-0.39, 0.29) is 40.1 Å². The Morgan fingerprint density at radius 1 is 0.867 bits per heavy atom. The number of carbonyl (C=O) groups is 1. The molecule has 1 aliphatic carbocycles. The van der Waals surface area contributed by atoms with Crippen LogP contribution in [0.5, 0.6) is 11.5 Å². The minimum absolute atomic E-state index is 0.00269. The third kappa shape index (κ3) is 7.10. The zero-order valence-electron chi connectivity index (χ0n) is 28.6. The molecule has 4 nitrogen and oxygen atoms in total. The topological polar surface area (TPSA) is 47.6 Å². The molecule has 3 aromatic carbocycles. The SMILES string of the molecule is CC(C)(C)c1ccc(C(C)(C)C(C(O[Si])C2CCCCC2)C(C)(C)C)cc1NC(=O)CC1c2ccccc2Oc2ccccc21. The average Bonchev–Trinajstić information content (AvgIpc) is 2.98. The highest BCUT2D eigenvalue weighted by molar-refractivity contribution is 5.98. The maximum atomic E-state index is 14.0. The number of nitrogens with one attached hydrogen (secondary N) is 1. The summed E-state index contributed by atoms with van der Waals surface area (Å²) in [6.45, 7) is 18.4. The van der Waals surface area contributed by atoms with Crippen LogP contribution in [0.3, 0.4) is 0 Å². The van der Waals surface area contributed by atoms with Gasteiger partial charge in [-0.3, -0.25) is 4.79 Å². The second-order valence-corrected chi connectivity index (χ2v) is 16.3. The lowest BCUT2D eigenvalue weighted by atomic mass is 9.58. The lowest BCUT2D eigenvalue weighted by Crippen LogP contribution is -2.49. The predicted octanol–water partition coefficient (Wildman–Crippen LogP) is 10.2.